The SMILES string of the molecule is Oc1ccccc1Nc1nc(-c2cnc3ncccn23)cs1. The molecule has 0 bridgehead atoms. The maximum atomic E-state index is 9.80. The minimum absolute atomic E-state index is 0.193. The van der Waals surface area contributed by atoms with Gasteiger partial charge in [-0.2, -0.15) is 0 Å². The van der Waals surface area contributed by atoms with Crippen LogP contribution in [0.5, 0.6) is 5.75 Å². The summed E-state index contributed by atoms with van der Waals surface area (Å²) in [5.74, 6) is 0.832. The normalized spacial score (nSPS) is 10.9. The number of anilines is 2. The molecule has 0 unspecified atom stereocenters. The third-order valence-electron chi connectivity index (χ3n) is 3.20. The summed E-state index contributed by atoms with van der Waals surface area (Å²) in [4.78, 5) is 13.0. The highest BCUT2D eigenvalue weighted by Crippen LogP contribution is 2.30. The molecule has 3 aromatic heterocycles. The molecule has 0 aliphatic heterocycles. The molecule has 0 aliphatic carbocycles. The van der Waals surface area contributed by atoms with Gasteiger partial charge in [-0.25, -0.2) is 15.0 Å². The van der Waals surface area contributed by atoms with Crippen molar-refractivity contribution in [1.29, 1.82) is 0 Å². The lowest BCUT2D eigenvalue weighted by molar-refractivity contribution is 0.478. The molecule has 7 heteroatoms. The summed E-state index contributed by atoms with van der Waals surface area (Å²) in [7, 11) is 0. The van der Waals surface area contributed by atoms with E-state index in [1.807, 2.05) is 28.1 Å². The van der Waals surface area contributed by atoms with E-state index in [0.717, 1.165) is 11.4 Å². The van der Waals surface area contributed by atoms with Crippen molar-refractivity contribution in [2.24, 2.45) is 0 Å². The highest BCUT2D eigenvalue weighted by Gasteiger charge is 2.11. The summed E-state index contributed by atoms with van der Waals surface area (Å²) < 4.78 is 1.89. The van der Waals surface area contributed by atoms with Crippen molar-refractivity contribution < 1.29 is 5.11 Å². The number of thiazole rings is 1. The number of hydrogen-bond acceptors (Lipinski definition) is 6. The van der Waals surface area contributed by atoms with Gasteiger partial charge < -0.3 is 10.4 Å². The average Bonchev–Trinajstić information content (AvgIpc) is 3.16. The van der Waals surface area contributed by atoms with E-state index in [4.69, 9.17) is 0 Å². The fourth-order valence-electron chi connectivity index (χ4n) is 2.16. The molecule has 6 nitrogen and oxygen atoms in total. The highest BCUT2D eigenvalue weighted by molar-refractivity contribution is 7.14. The second kappa shape index (κ2) is 5.12. The van der Waals surface area contributed by atoms with Gasteiger partial charge in [-0.05, 0) is 18.2 Å². The number of rotatable bonds is 3. The Kier molecular flexibility index (Phi) is 2.97. The van der Waals surface area contributed by atoms with Gasteiger partial charge >= 0.3 is 0 Å². The first-order chi connectivity index (χ1) is 10.8. The fourth-order valence-corrected chi connectivity index (χ4v) is 2.88. The Morgan fingerprint density at radius 2 is 2.05 bits per heavy atom. The summed E-state index contributed by atoms with van der Waals surface area (Å²) in [6.45, 7) is 0. The molecule has 0 fully saturated rings. The van der Waals surface area contributed by atoms with Crippen LogP contribution in [-0.4, -0.2) is 24.5 Å². The Morgan fingerprint density at radius 3 is 2.95 bits per heavy atom. The number of phenolic OH excluding ortho intramolecular Hbond substituents is 1. The van der Waals surface area contributed by atoms with Gasteiger partial charge in [0.05, 0.1) is 17.6 Å². The van der Waals surface area contributed by atoms with Crippen LogP contribution in [0.25, 0.3) is 17.2 Å². The van der Waals surface area contributed by atoms with Gasteiger partial charge in [0, 0.05) is 17.8 Å². The minimum Gasteiger partial charge on any atom is -0.506 e. The Bertz CT molecular complexity index is 946. The average molecular weight is 309 g/mol. The molecular weight excluding hydrogens is 298 g/mol. The van der Waals surface area contributed by atoms with Crippen LogP contribution in [0.2, 0.25) is 0 Å². The predicted molar refractivity (Wildman–Crippen MR) is 85.5 cm³/mol. The second-order valence-electron chi connectivity index (χ2n) is 4.61. The standard InChI is InChI=1S/C15H11N5OS/c21-13-5-2-1-4-10(13)18-15-19-11(9-22-15)12-8-17-14-16-6-3-7-20(12)14/h1-9,21H,(H,18,19). The quantitative estimate of drug-likeness (QED) is 0.568. The highest BCUT2D eigenvalue weighted by atomic mass is 32.1. The summed E-state index contributed by atoms with van der Waals surface area (Å²) in [6, 6.07) is 8.92. The zero-order valence-electron chi connectivity index (χ0n) is 11.3. The number of para-hydroxylation sites is 2. The van der Waals surface area contributed by atoms with Crippen LogP contribution in [0.1, 0.15) is 0 Å². The van der Waals surface area contributed by atoms with E-state index in [-0.39, 0.29) is 5.75 Å². The molecule has 1 aromatic carbocycles. The number of benzene rings is 1. The molecule has 108 valence electrons. The van der Waals surface area contributed by atoms with Gasteiger partial charge in [-0.3, -0.25) is 4.40 Å². The first-order valence-corrected chi connectivity index (χ1v) is 7.48. The first-order valence-electron chi connectivity index (χ1n) is 6.60. The number of phenols is 1. The molecule has 0 saturated carbocycles. The van der Waals surface area contributed by atoms with Gasteiger partial charge in [0.15, 0.2) is 5.13 Å². The number of aromatic hydroxyl groups is 1. The van der Waals surface area contributed by atoms with Crippen molar-refractivity contribution in [3.8, 4) is 17.1 Å². The Balaban J connectivity index is 1.68. The third kappa shape index (κ3) is 2.17. The van der Waals surface area contributed by atoms with Crippen LogP contribution >= 0.6 is 11.3 Å². The van der Waals surface area contributed by atoms with E-state index in [9.17, 15) is 5.11 Å². The number of aromatic nitrogens is 4. The van der Waals surface area contributed by atoms with E-state index < -0.39 is 0 Å². The van der Waals surface area contributed by atoms with Crippen molar-refractivity contribution >= 4 is 27.9 Å². The Hall–Kier alpha value is -2.93. The molecule has 22 heavy (non-hydrogen) atoms. The number of fused-ring (bicyclic) bond motifs is 1. The van der Waals surface area contributed by atoms with Crippen LogP contribution in [0.3, 0.4) is 0 Å². The molecule has 4 rings (SSSR count). The van der Waals surface area contributed by atoms with E-state index in [0.29, 0.717) is 16.6 Å². The zero-order chi connectivity index (χ0) is 14.9. The zero-order valence-corrected chi connectivity index (χ0v) is 12.2. The van der Waals surface area contributed by atoms with Crippen LogP contribution < -0.4 is 5.32 Å². The van der Waals surface area contributed by atoms with Crippen molar-refractivity contribution in [3.63, 3.8) is 0 Å². The number of imidazole rings is 1. The van der Waals surface area contributed by atoms with Crippen LogP contribution in [0.4, 0.5) is 10.8 Å². The van der Waals surface area contributed by atoms with Crippen molar-refractivity contribution in [2.75, 3.05) is 5.32 Å². The molecular formula is C15H11N5OS. The van der Waals surface area contributed by atoms with Crippen LogP contribution in [0, 0.1) is 0 Å². The number of hydrogen-bond donors (Lipinski definition) is 2. The van der Waals surface area contributed by atoms with Crippen LogP contribution in [0.15, 0.2) is 54.3 Å². The second-order valence-corrected chi connectivity index (χ2v) is 5.47. The lowest BCUT2D eigenvalue weighted by Gasteiger charge is -2.04. The maximum Gasteiger partial charge on any atom is 0.234 e. The lowest BCUT2D eigenvalue weighted by atomic mass is 10.3. The van der Waals surface area contributed by atoms with E-state index in [1.54, 1.807) is 30.6 Å². The summed E-state index contributed by atoms with van der Waals surface area (Å²) in [5.41, 5.74) is 2.32. The number of nitrogens with one attached hydrogen (secondary N) is 1. The Morgan fingerprint density at radius 1 is 1.14 bits per heavy atom. The Labute approximate surface area is 129 Å². The molecule has 0 spiro atoms. The monoisotopic (exact) mass is 309 g/mol. The predicted octanol–water partition coefficient (Wildman–Crippen LogP) is 3.30. The first kappa shape index (κ1) is 12.8. The molecule has 0 saturated heterocycles. The third-order valence-corrected chi connectivity index (χ3v) is 3.96. The van der Waals surface area contributed by atoms with Crippen molar-refractivity contribution in [2.45, 2.75) is 0 Å². The molecule has 0 amide bonds. The molecule has 0 radical (unpaired) electrons. The van der Waals surface area contributed by atoms with Gasteiger partial charge in [0.25, 0.3) is 0 Å². The van der Waals surface area contributed by atoms with E-state index in [2.05, 4.69) is 20.3 Å². The number of nitrogens with zero attached hydrogens (tertiary/aromatic N) is 4. The molecule has 0 aliphatic rings. The van der Waals surface area contributed by atoms with Crippen molar-refractivity contribution in [1.82, 2.24) is 19.4 Å². The smallest absolute Gasteiger partial charge is 0.234 e. The minimum atomic E-state index is 0.193. The van der Waals surface area contributed by atoms with Gasteiger partial charge in [-0.15, -0.1) is 11.3 Å². The maximum absolute atomic E-state index is 9.80. The molecule has 4 aromatic rings. The molecule has 3 heterocycles. The van der Waals surface area contributed by atoms with Crippen LogP contribution in [-0.2, 0) is 0 Å². The summed E-state index contributed by atoms with van der Waals surface area (Å²) >= 11 is 1.47. The summed E-state index contributed by atoms with van der Waals surface area (Å²) in [5, 5.41) is 15.6. The molecule has 2 N–H and O–H groups in total. The molecule has 0 atom stereocenters. The van der Waals surface area contributed by atoms with Gasteiger partial charge in [0.1, 0.15) is 11.4 Å². The lowest BCUT2D eigenvalue weighted by Crippen LogP contribution is -1.92. The van der Waals surface area contributed by atoms with Gasteiger partial charge in [0.2, 0.25) is 5.78 Å². The largest absolute Gasteiger partial charge is 0.506 e. The van der Waals surface area contributed by atoms with E-state index >= 15 is 0 Å². The van der Waals surface area contributed by atoms with Gasteiger partial charge in [-0.1, -0.05) is 12.1 Å². The van der Waals surface area contributed by atoms with E-state index in [1.165, 1.54) is 11.3 Å². The summed E-state index contributed by atoms with van der Waals surface area (Å²) in [6.07, 6.45) is 5.36. The van der Waals surface area contributed by atoms with Crippen molar-refractivity contribution in [3.05, 3.63) is 54.3 Å². The topological polar surface area (TPSA) is 75.3 Å². The fraction of sp³-hybridized carbons (Fsp3) is 0.